The minimum atomic E-state index is -0.794. The Morgan fingerprint density at radius 3 is 3.00 bits per heavy atom. The molecular weight excluding hydrogens is 170 g/mol. The van der Waals surface area contributed by atoms with Crippen molar-refractivity contribution < 1.29 is 9.32 Å². The maximum absolute atomic E-state index is 11.4. The summed E-state index contributed by atoms with van der Waals surface area (Å²) in [6.45, 7) is 0. The van der Waals surface area contributed by atoms with Gasteiger partial charge >= 0.3 is 0 Å². The van der Waals surface area contributed by atoms with E-state index >= 15 is 0 Å². The number of nitriles is 1. The predicted octanol–water partition coefficient (Wildman–Crippen LogP) is 0.917. The quantitative estimate of drug-likeness (QED) is 0.728. The van der Waals surface area contributed by atoms with Gasteiger partial charge in [-0.3, -0.25) is 4.79 Å². The monoisotopic (exact) mass is 177 g/mol. The number of nitrogens with one attached hydrogen (secondary N) is 1. The van der Waals surface area contributed by atoms with E-state index in [-0.39, 0.29) is 5.91 Å². The fraction of sp³-hybridized carbons (Fsp3) is 0.375. The number of amides is 1. The molecule has 0 aliphatic heterocycles. The topological polar surface area (TPSA) is 78.9 Å². The average Bonchev–Trinajstić information content (AvgIpc) is 2.79. The Hall–Kier alpha value is -1.83. The SMILES string of the molecule is N#CC1(C(=O)Nc2cnoc2)CC1. The summed E-state index contributed by atoms with van der Waals surface area (Å²) in [5.74, 6) is -0.266. The largest absolute Gasteiger partial charge is 0.363 e. The summed E-state index contributed by atoms with van der Waals surface area (Å²) in [6.07, 6.45) is 4.00. The van der Waals surface area contributed by atoms with E-state index in [2.05, 4.69) is 15.0 Å². The third-order valence-corrected chi connectivity index (χ3v) is 2.09. The van der Waals surface area contributed by atoms with Crippen LogP contribution >= 0.6 is 0 Å². The van der Waals surface area contributed by atoms with Crippen LogP contribution in [0.3, 0.4) is 0 Å². The van der Waals surface area contributed by atoms with Gasteiger partial charge in [0, 0.05) is 0 Å². The molecule has 1 amide bonds. The minimum absolute atomic E-state index is 0.266. The molecule has 1 saturated carbocycles. The van der Waals surface area contributed by atoms with E-state index in [9.17, 15) is 4.79 Å². The van der Waals surface area contributed by atoms with Gasteiger partial charge in [0.05, 0.1) is 12.3 Å². The highest BCUT2D eigenvalue weighted by molar-refractivity contribution is 5.98. The van der Waals surface area contributed by atoms with Gasteiger partial charge in [-0.05, 0) is 12.8 Å². The van der Waals surface area contributed by atoms with Gasteiger partial charge in [-0.1, -0.05) is 5.16 Å². The molecular formula is C8H7N3O2. The van der Waals surface area contributed by atoms with E-state index < -0.39 is 5.41 Å². The lowest BCUT2D eigenvalue weighted by Gasteiger charge is -2.03. The zero-order valence-electron chi connectivity index (χ0n) is 6.78. The first kappa shape index (κ1) is 7.80. The van der Waals surface area contributed by atoms with Crippen LogP contribution in [0.4, 0.5) is 5.69 Å². The third-order valence-electron chi connectivity index (χ3n) is 2.09. The molecule has 66 valence electrons. The summed E-state index contributed by atoms with van der Waals surface area (Å²) in [6, 6.07) is 2.00. The number of nitrogens with zero attached hydrogens (tertiary/aromatic N) is 2. The summed E-state index contributed by atoms with van der Waals surface area (Å²) in [5, 5.41) is 14.7. The Kier molecular flexibility index (Phi) is 1.55. The van der Waals surface area contributed by atoms with Crippen molar-refractivity contribution in [3.8, 4) is 6.07 Å². The molecule has 1 fully saturated rings. The predicted molar refractivity (Wildman–Crippen MR) is 42.4 cm³/mol. The minimum Gasteiger partial charge on any atom is -0.363 e. The number of hydrogen-bond acceptors (Lipinski definition) is 4. The fourth-order valence-corrected chi connectivity index (χ4v) is 1.03. The molecule has 0 bridgehead atoms. The summed E-state index contributed by atoms with van der Waals surface area (Å²) >= 11 is 0. The van der Waals surface area contributed by atoms with Crippen molar-refractivity contribution in [1.82, 2.24) is 5.16 Å². The zero-order valence-corrected chi connectivity index (χ0v) is 6.78. The molecule has 2 rings (SSSR count). The molecule has 1 aromatic heterocycles. The van der Waals surface area contributed by atoms with Crippen LogP contribution in [0.2, 0.25) is 0 Å². The highest BCUT2D eigenvalue weighted by atomic mass is 16.5. The van der Waals surface area contributed by atoms with Gasteiger partial charge < -0.3 is 9.84 Å². The zero-order chi connectivity index (χ0) is 9.31. The van der Waals surface area contributed by atoms with Crippen molar-refractivity contribution in [2.24, 2.45) is 5.41 Å². The molecule has 13 heavy (non-hydrogen) atoms. The van der Waals surface area contributed by atoms with Gasteiger partial charge in [0.1, 0.15) is 17.4 Å². The first-order chi connectivity index (χ1) is 6.27. The molecule has 0 radical (unpaired) electrons. The second-order valence-electron chi connectivity index (χ2n) is 3.06. The van der Waals surface area contributed by atoms with E-state index in [0.717, 1.165) is 0 Å². The lowest BCUT2D eigenvalue weighted by atomic mass is 10.1. The maximum Gasteiger partial charge on any atom is 0.244 e. The number of aromatic nitrogens is 1. The van der Waals surface area contributed by atoms with Crippen molar-refractivity contribution in [2.45, 2.75) is 12.8 Å². The molecule has 1 N–H and O–H groups in total. The molecule has 0 spiro atoms. The summed E-state index contributed by atoms with van der Waals surface area (Å²) < 4.78 is 4.53. The Bertz CT molecular complexity index is 359. The van der Waals surface area contributed by atoms with E-state index in [1.165, 1.54) is 12.5 Å². The molecule has 1 aliphatic carbocycles. The fourth-order valence-electron chi connectivity index (χ4n) is 1.03. The summed E-state index contributed by atoms with van der Waals surface area (Å²) in [5.41, 5.74) is -0.302. The van der Waals surface area contributed by atoms with Crippen LogP contribution in [0.1, 0.15) is 12.8 Å². The number of anilines is 1. The molecule has 0 atom stereocenters. The number of carbonyl (C=O) groups excluding carboxylic acids is 1. The van der Waals surface area contributed by atoms with Crippen molar-refractivity contribution in [1.29, 1.82) is 5.26 Å². The molecule has 0 unspecified atom stereocenters. The first-order valence-electron chi connectivity index (χ1n) is 3.89. The van der Waals surface area contributed by atoms with Crippen LogP contribution in [0.5, 0.6) is 0 Å². The lowest BCUT2D eigenvalue weighted by Crippen LogP contribution is -2.22. The van der Waals surface area contributed by atoms with Crippen LogP contribution in [0, 0.1) is 16.7 Å². The van der Waals surface area contributed by atoms with E-state index in [1.807, 2.05) is 6.07 Å². The molecule has 0 aromatic carbocycles. The Balaban J connectivity index is 2.05. The van der Waals surface area contributed by atoms with Crippen molar-refractivity contribution >= 4 is 11.6 Å². The number of rotatable bonds is 2. The standard InChI is InChI=1S/C8H7N3O2/c9-5-8(1-2-8)7(12)11-6-3-10-13-4-6/h3-4H,1-2H2,(H,11,12). The first-order valence-corrected chi connectivity index (χ1v) is 3.89. The normalized spacial score (nSPS) is 17.5. The molecule has 0 saturated heterocycles. The second-order valence-corrected chi connectivity index (χ2v) is 3.06. The van der Waals surface area contributed by atoms with E-state index in [1.54, 1.807) is 0 Å². The Morgan fingerprint density at radius 1 is 1.77 bits per heavy atom. The highest BCUT2D eigenvalue weighted by Gasteiger charge is 2.50. The molecule has 1 heterocycles. The maximum atomic E-state index is 11.4. The van der Waals surface area contributed by atoms with Crippen LogP contribution in [0.25, 0.3) is 0 Å². The van der Waals surface area contributed by atoms with Crippen LogP contribution in [-0.4, -0.2) is 11.1 Å². The van der Waals surface area contributed by atoms with Crippen LogP contribution < -0.4 is 5.32 Å². The number of hydrogen-bond donors (Lipinski definition) is 1. The molecule has 5 nitrogen and oxygen atoms in total. The van der Waals surface area contributed by atoms with Crippen LogP contribution in [0.15, 0.2) is 17.0 Å². The third kappa shape index (κ3) is 1.26. The van der Waals surface area contributed by atoms with Crippen molar-refractivity contribution in [2.75, 3.05) is 5.32 Å². The second kappa shape index (κ2) is 2.59. The van der Waals surface area contributed by atoms with Gasteiger partial charge in [0.25, 0.3) is 0 Å². The highest BCUT2D eigenvalue weighted by Crippen LogP contribution is 2.45. The lowest BCUT2D eigenvalue weighted by molar-refractivity contribution is -0.119. The van der Waals surface area contributed by atoms with Gasteiger partial charge in [-0.25, -0.2) is 0 Å². The molecule has 1 aromatic rings. The average molecular weight is 177 g/mol. The van der Waals surface area contributed by atoms with Gasteiger partial charge in [0.2, 0.25) is 5.91 Å². The van der Waals surface area contributed by atoms with E-state index in [4.69, 9.17) is 5.26 Å². The van der Waals surface area contributed by atoms with Gasteiger partial charge in [0.15, 0.2) is 0 Å². The smallest absolute Gasteiger partial charge is 0.244 e. The summed E-state index contributed by atoms with van der Waals surface area (Å²) in [4.78, 5) is 11.4. The van der Waals surface area contributed by atoms with E-state index in [0.29, 0.717) is 18.5 Å². The van der Waals surface area contributed by atoms with Gasteiger partial charge in [-0.15, -0.1) is 0 Å². The Morgan fingerprint density at radius 2 is 2.54 bits per heavy atom. The summed E-state index contributed by atoms with van der Waals surface area (Å²) in [7, 11) is 0. The van der Waals surface area contributed by atoms with Crippen LogP contribution in [-0.2, 0) is 4.79 Å². The van der Waals surface area contributed by atoms with Crippen molar-refractivity contribution in [3.63, 3.8) is 0 Å². The number of carbonyl (C=O) groups is 1. The Labute approximate surface area is 74.3 Å². The molecule has 5 heteroatoms. The van der Waals surface area contributed by atoms with Crippen molar-refractivity contribution in [3.05, 3.63) is 12.5 Å². The molecule has 1 aliphatic rings. The van der Waals surface area contributed by atoms with Gasteiger partial charge in [-0.2, -0.15) is 5.26 Å².